The molecule has 7 aromatic carbocycles. The van der Waals surface area contributed by atoms with Crippen molar-refractivity contribution in [3.8, 4) is 23.0 Å². The maximum absolute atomic E-state index is 12.1. The first-order valence-electron chi connectivity index (χ1n) is 19.2. The van der Waals surface area contributed by atoms with Crippen molar-refractivity contribution >= 4 is 23.9 Å². The molecule has 7 aromatic rings. The molecule has 0 amide bonds. The van der Waals surface area contributed by atoms with Gasteiger partial charge in [0, 0.05) is 0 Å². The first kappa shape index (κ1) is 48.8. The first-order chi connectivity index (χ1) is 28.8. The number of esters is 4. The summed E-state index contributed by atoms with van der Waals surface area (Å²) in [6.45, 7) is 11.8. The van der Waals surface area contributed by atoms with Gasteiger partial charge in [-0.25, -0.2) is 19.2 Å². The van der Waals surface area contributed by atoms with E-state index in [4.69, 9.17) is 18.9 Å². The maximum Gasteiger partial charge on any atom is 0.343 e. The molecule has 0 spiro atoms. The van der Waals surface area contributed by atoms with Crippen LogP contribution in [0.4, 0.5) is 0 Å². The molecular formula is C54H54O8. The van der Waals surface area contributed by atoms with Gasteiger partial charge in [0.25, 0.3) is 0 Å². The fraction of sp³-hybridized carbons (Fsp3) is 0.148. The fourth-order valence-electron chi connectivity index (χ4n) is 5.21. The van der Waals surface area contributed by atoms with Gasteiger partial charge in [-0.15, -0.1) is 0 Å². The molecule has 8 heteroatoms. The van der Waals surface area contributed by atoms with Gasteiger partial charge < -0.3 is 18.9 Å². The van der Waals surface area contributed by atoms with Crippen molar-refractivity contribution in [1.82, 2.24) is 0 Å². The third-order valence-electron chi connectivity index (χ3n) is 8.86. The van der Waals surface area contributed by atoms with Crippen LogP contribution in [0.5, 0.6) is 23.0 Å². The Bertz CT molecular complexity index is 2310. The highest BCUT2D eigenvalue weighted by atomic mass is 16.5. The largest absolute Gasteiger partial charge is 0.423 e. The molecule has 318 valence electrons. The molecule has 0 N–H and O–H groups in total. The lowest BCUT2D eigenvalue weighted by molar-refractivity contribution is 0.0719. The van der Waals surface area contributed by atoms with Gasteiger partial charge >= 0.3 is 23.9 Å². The molecule has 0 saturated carbocycles. The molecule has 0 aliphatic rings. The quantitative estimate of drug-likeness (QED) is 0.110. The third-order valence-corrected chi connectivity index (χ3v) is 8.86. The van der Waals surface area contributed by atoms with Gasteiger partial charge in [0.05, 0.1) is 22.3 Å². The lowest BCUT2D eigenvalue weighted by Gasteiger charge is -2.07. The van der Waals surface area contributed by atoms with E-state index in [0.29, 0.717) is 45.3 Å². The van der Waals surface area contributed by atoms with Gasteiger partial charge in [0.15, 0.2) is 0 Å². The van der Waals surface area contributed by atoms with E-state index in [1.54, 1.807) is 97.1 Å². The monoisotopic (exact) mass is 830 g/mol. The van der Waals surface area contributed by atoms with Gasteiger partial charge in [-0.05, 0) is 139 Å². The number of rotatable bonds is 8. The first-order valence-corrected chi connectivity index (χ1v) is 19.2. The zero-order valence-corrected chi connectivity index (χ0v) is 34.4. The summed E-state index contributed by atoms with van der Waals surface area (Å²) in [5, 5.41) is 0. The van der Waals surface area contributed by atoms with Crippen LogP contribution in [0.1, 0.15) is 89.7 Å². The number of carbonyl (C=O) groups is 4. The van der Waals surface area contributed by atoms with Crippen molar-refractivity contribution in [2.24, 2.45) is 0 Å². The van der Waals surface area contributed by atoms with Crippen molar-refractivity contribution in [3.63, 3.8) is 0 Å². The summed E-state index contributed by atoms with van der Waals surface area (Å²) in [5.74, 6) is 0.380. The number of aryl methyl sites for hydroxylation is 6. The number of hydrogen-bond donors (Lipinski definition) is 0. The smallest absolute Gasteiger partial charge is 0.343 e. The predicted molar refractivity (Wildman–Crippen MR) is 247 cm³/mol. The SMILES string of the molecule is C.C.Cc1ccc(C(=O)Oc2ccc(OC(=O)c3ccc(C)cc3)cc2)cc1.Cc1ccc(OC(=O)c2ccc(C)cc2)cc1.Cc1ccc(OC(=O)c2ccc(C)cc2)cc1. The lowest BCUT2D eigenvalue weighted by Crippen LogP contribution is -2.09. The summed E-state index contributed by atoms with van der Waals surface area (Å²) in [6.07, 6.45) is 0. The van der Waals surface area contributed by atoms with E-state index in [2.05, 4.69) is 0 Å². The van der Waals surface area contributed by atoms with Crippen molar-refractivity contribution in [2.75, 3.05) is 0 Å². The average molecular weight is 831 g/mol. The van der Waals surface area contributed by atoms with E-state index in [9.17, 15) is 19.2 Å². The Morgan fingerprint density at radius 3 is 0.532 bits per heavy atom. The molecule has 7 rings (SSSR count). The minimum absolute atomic E-state index is 0. The van der Waals surface area contributed by atoms with Crippen molar-refractivity contribution in [1.29, 1.82) is 0 Å². The zero-order chi connectivity index (χ0) is 43.0. The molecule has 0 aliphatic heterocycles. The van der Waals surface area contributed by atoms with Crippen LogP contribution in [-0.2, 0) is 0 Å². The van der Waals surface area contributed by atoms with Crippen LogP contribution in [0.3, 0.4) is 0 Å². The van der Waals surface area contributed by atoms with E-state index >= 15 is 0 Å². The summed E-state index contributed by atoms with van der Waals surface area (Å²) < 4.78 is 21.2. The highest BCUT2D eigenvalue weighted by Gasteiger charge is 2.12. The van der Waals surface area contributed by atoms with Crippen molar-refractivity contribution in [3.05, 3.63) is 225 Å². The van der Waals surface area contributed by atoms with E-state index in [1.165, 1.54) is 0 Å². The zero-order valence-electron chi connectivity index (χ0n) is 34.4. The molecule has 0 unspecified atom stereocenters. The standard InChI is InChI=1S/C22H18O4.2C15H14O2.2CH4/c1-15-3-7-17(8-4-15)21(23)25-19-11-13-20(14-12-19)26-22(24)18-9-5-16(2)6-10-18;2*1-11-3-7-13(8-4-11)15(16)17-14-9-5-12(2)6-10-14;;/h3-14H,1-2H3;2*3-10H,1-2H3;2*1H4. The fourth-order valence-corrected chi connectivity index (χ4v) is 5.21. The second-order valence-corrected chi connectivity index (χ2v) is 14.1. The highest BCUT2D eigenvalue weighted by Crippen LogP contribution is 2.21. The van der Waals surface area contributed by atoms with E-state index in [-0.39, 0.29) is 26.8 Å². The van der Waals surface area contributed by atoms with Gasteiger partial charge in [-0.1, -0.05) is 121 Å². The lowest BCUT2D eigenvalue weighted by atomic mass is 10.1. The Kier molecular flexibility index (Phi) is 18.8. The van der Waals surface area contributed by atoms with Gasteiger partial charge in [0.2, 0.25) is 0 Å². The molecule has 0 aliphatic carbocycles. The van der Waals surface area contributed by atoms with Crippen LogP contribution < -0.4 is 18.9 Å². The van der Waals surface area contributed by atoms with Crippen LogP contribution in [0.2, 0.25) is 0 Å². The Labute approximate surface area is 365 Å². The topological polar surface area (TPSA) is 105 Å². The van der Waals surface area contributed by atoms with Crippen LogP contribution in [0.25, 0.3) is 0 Å². The van der Waals surface area contributed by atoms with Crippen LogP contribution >= 0.6 is 0 Å². The van der Waals surface area contributed by atoms with Crippen LogP contribution in [-0.4, -0.2) is 23.9 Å². The van der Waals surface area contributed by atoms with Crippen molar-refractivity contribution in [2.45, 2.75) is 56.4 Å². The average Bonchev–Trinajstić information content (AvgIpc) is 3.24. The van der Waals surface area contributed by atoms with Crippen LogP contribution in [0, 0.1) is 41.5 Å². The summed E-state index contributed by atoms with van der Waals surface area (Å²) >= 11 is 0. The van der Waals surface area contributed by atoms with Crippen molar-refractivity contribution < 1.29 is 38.1 Å². The minimum Gasteiger partial charge on any atom is -0.423 e. The third kappa shape index (κ3) is 15.5. The van der Waals surface area contributed by atoms with E-state index < -0.39 is 11.9 Å². The maximum atomic E-state index is 12.1. The summed E-state index contributed by atoms with van der Waals surface area (Å²) in [7, 11) is 0. The Morgan fingerprint density at radius 1 is 0.242 bits per heavy atom. The Morgan fingerprint density at radius 2 is 0.371 bits per heavy atom. The molecule has 62 heavy (non-hydrogen) atoms. The molecule has 0 radical (unpaired) electrons. The second kappa shape index (κ2) is 23.9. The predicted octanol–water partition coefficient (Wildman–Crippen LogP) is 13.1. The number of ether oxygens (including phenoxy) is 4. The van der Waals surface area contributed by atoms with E-state index in [0.717, 1.165) is 33.4 Å². The molecule has 0 heterocycles. The van der Waals surface area contributed by atoms with E-state index in [1.807, 2.05) is 114 Å². The Hall–Kier alpha value is -7.58. The van der Waals surface area contributed by atoms with Gasteiger partial charge in [-0.2, -0.15) is 0 Å². The molecule has 0 fully saturated rings. The molecular weight excluding hydrogens is 777 g/mol. The number of carbonyl (C=O) groups excluding carboxylic acids is 4. The molecule has 0 aromatic heterocycles. The molecule has 0 saturated heterocycles. The normalized spacial score (nSPS) is 9.77. The van der Waals surface area contributed by atoms with Crippen LogP contribution in [0.15, 0.2) is 170 Å². The highest BCUT2D eigenvalue weighted by molar-refractivity contribution is 5.93. The Balaban J connectivity index is 0.000000252. The van der Waals surface area contributed by atoms with Gasteiger partial charge in [-0.3, -0.25) is 0 Å². The molecule has 0 atom stereocenters. The second-order valence-electron chi connectivity index (χ2n) is 14.1. The number of hydrogen-bond acceptors (Lipinski definition) is 8. The molecule has 0 bridgehead atoms. The summed E-state index contributed by atoms with van der Waals surface area (Å²) in [4.78, 5) is 47.8. The summed E-state index contributed by atoms with van der Waals surface area (Å²) in [6, 6.07) is 50.1. The molecule has 8 nitrogen and oxygen atoms in total. The number of benzene rings is 7. The minimum atomic E-state index is -0.436. The van der Waals surface area contributed by atoms with Gasteiger partial charge in [0.1, 0.15) is 23.0 Å². The summed E-state index contributed by atoms with van der Waals surface area (Å²) in [5.41, 5.74) is 8.75.